The van der Waals surface area contributed by atoms with Gasteiger partial charge in [-0.3, -0.25) is 0 Å². The molecule has 10 aromatic carbocycles. The Hall–Kier alpha value is -6.72. The Morgan fingerprint density at radius 1 is 0.310 bits per heavy atom. The molecule has 12 rings (SSSR count). The van der Waals surface area contributed by atoms with Crippen molar-refractivity contribution in [1.82, 2.24) is 0 Å². The predicted octanol–water partition coefficient (Wildman–Crippen LogP) is 16.7. The van der Waals surface area contributed by atoms with Crippen molar-refractivity contribution in [3.05, 3.63) is 211 Å². The summed E-state index contributed by atoms with van der Waals surface area (Å²) in [5.41, 5.74) is 13.0. The molecule has 1 atom stereocenters. The fourth-order valence-electron chi connectivity index (χ4n) is 10.3. The van der Waals surface area contributed by atoms with E-state index in [1.54, 1.807) is 0 Å². The summed E-state index contributed by atoms with van der Waals surface area (Å²) in [6, 6.07) is 75.4. The normalized spacial score (nSPS) is 13.4. The molecule has 58 heavy (non-hydrogen) atoms. The maximum atomic E-state index is 2.55. The average Bonchev–Trinajstić information content (AvgIpc) is 3.73. The monoisotopic (exact) mass is 754 g/mol. The van der Waals surface area contributed by atoms with Gasteiger partial charge in [-0.25, -0.2) is 0 Å². The summed E-state index contributed by atoms with van der Waals surface area (Å²) in [6.45, 7) is 4.80. The lowest BCUT2D eigenvalue weighted by Gasteiger charge is -2.24. The highest BCUT2D eigenvalue weighted by Crippen LogP contribution is 2.57. The van der Waals surface area contributed by atoms with Crippen LogP contribution in [0.2, 0.25) is 0 Å². The van der Waals surface area contributed by atoms with Gasteiger partial charge in [0.1, 0.15) is 0 Å². The second-order valence-corrected chi connectivity index (χ2v) is 18.6. The smallest absolute Gasteiger partial charge is 0.0159 e. The Kier molecular flexibility index (Phi) is 7.28. The summed E-state index contributed by atoms with van der Waals surface area (Å²) in [4.78, 5) is 0. The Bertz CT molecular complexity index is 3460. The first-order valence-electron chi connectivity index (χ1n) is 20.4. The fraction of sp³-hybridized carbons (Fsp3) is 0.0526. The molecular formula is C57H39P. The Morgan fingerprint density at radius 2 is 0.845 bits per heavy atom. The van der Waals surface area contributed by atoms with Crippen LogP contribution in [0.25, 0.3) is 103 Å². The highest BCUT2D eigenvalue weighted by atomic mass is 31.1. The summed E-state index contributed by atoms with van der Waals surface area (Å²) in [5, 5.41) is 14.7. The van der Waals surface area contributed by atoms with Gasteiger partial charge in [0.25, 0.3) is 0 Å². The highest BCUT2D eigenvalue weighted by Gasteiger charge is 2.37. The molecular weight excluding hydrogens is 716 g/mol. The molecule has 1 aliphatic carbocycles. The van der Waals surface area contributed by atoms with Crippen molar-refractivity contribution in [2.45, 2.75) is 19.3 Å². The van der Waals surface area contributed by atoms with Gasteiger partial charge in [-0.05, 0) is 128 Å². The molecule has 1 aromatic heterocycles. The second kappa shape index (κ2) is 12.6. The van der Waals surface area contributed by atoms with Crippen molar-refractivity contribution in [2.24, 2.45) is 0 Å². The minimum absolute atomic E-state index is 0.134. The van der Waals surface area contributed by atoms with Crippen molar-refractivity contribution in [3.8, 4) is 49.8 Å². The van der Waals surface area contributed by atoms with Gasteiger partial charge in [0.05, 0.1) is 0 Å². The average molecular weight is 755 g/mol. The van der Waals surface area contributed by atoms with E-state index in [0.717, 1.165) is 0 Å². The first-order valence-corrected chi connectivity index (χ1v) is 21.7. The van der Waals surface area contributed by atoms with Gasteiger partial charge in [0, 0.05) is 15.7 Å². The molecule has 1 heterocycles. The molecule has 0 nitrogen and oxygen atoms in total. The third kappa shape index (κ3) is 4.76. The molecule has 0 amide bonds. The Balaban J connectivity index is 1.18. The van der Waals surface area contributed by atoms with Crippen LogP contribution >= 0.6 is 7.53 Å². The van der Waals surface area contributed by atoms with Crippen LogP contribution in [0.5, 0.6) is 0 Å². The van der Waals surface area contributed by atoms with Crippen molar-refractivity contribution >= 4 is 60.9 Å². The van der Waals surface area contributed by atoms with Crippen LogP contribution in [0.4, 0.5) is 0 Å². The fourth-order valence-corrected chi connectivity index (χ4v) is 12.9. The maximum absolute atomic E-state index is 2.55. The molecule has 0 N–H and O–H groups in total. The number of hydrogen-bond donors (Lipinski definition) is 0. The lowest BCUT2D eigenvalue weighted by atomic mass is 9.78. The minimum Gasteiger partial charge on any atom is -0.0772 e. The molecule has 272 valence electrons. The van der Waals surface area contributed by atoms with Crippen LogP contribution in [-0.2, 0) is 5.41 Å². The van der Waals surface area contributed by atoms with E-state index in [9.17, 15) is 0 Å². The molecule has 0 spiro atoms. The van der Waals surface area contributed by atoms with Crippen molar-refractivity contribution in [3.63, 3.8) is 0 Å². The zero-order valence-corrected chi connectivity index (χ0v) is 33.4. The SMILES string of the molecule is CC1(C)c2ccccc2-c2c1cc(-c1c3ccccc3c(-c3ccccc3)c3ccc(-c4ccc5c(c4)c4ccccc4p5-c4ccccc4)cc13)c1ccccc21. The van der Waals surface area contributed by atoms with Crippen LogP contribution in [0.1, 0.15) is 25.0 Å². The molecule has 0 fully saturated rings. The molecule has 1 aliphatic rings. The molecule has 0 saturated heterocycles. The molecule has 0 bridgehead atoms. The molecule has 11 aromatic rings. The number of benzene rings is 10. The van der Waals surface area contributed by atoms with E-state index in [1.165, 1.54) is 114 Å². The van der Waals surface area contributed by atoms with Crippen molar-refractivity contribution in [2.75, 3.05) is 0 Å². The van der Waals surface area contributed by atoms with E-state index in [-0.39, 0.29) is 5.41 Å². The third-order valence-corrected chi connectivity index (χ3v) is 15.5. The minimum atomic E-state index is -0.612. The first kappa shape index (κ1) is 33.4. The Labute approximate surface area is 339 Å². The van der Waals surface area contributed by atoms with Gasteiger partial charge in [0.15, 0.2) is 0 Å². The van der Waals surface area contributed by atoms with E-state index in [0.29, 0.717) is 0 Å². The van der Waals surface area contributed by atoms with E-state index in [1.807, 2.05) is 0 Å². The number of rotatable bonds is 4. The number of fused-ring (bicyclic) bond motifs is 10. The van der Waals surface area contributed by atoms with Gasteiger partial charge in [-0.2, -0.15) is 0 Å². The summed E-state index contributed by atoms with van der Waals surface area (Å²) in [6.07, 6.45) is 0. The molecule has 0 radical (unpaired) electrons. The van der Waals surface area contributed by atoms with Crippen LogP contribution < -0.4 is 0 Å². The maximum Gasteiger partial charge on any atom is 0.0159 e. The van der Waals surface area contributed by atoms with E-state index < -0.39 is 7.53 Å². The summed E-state index contributed by atoms with van der Waals surface area (Å²) >= 11 is 0. The topological polar surface area (TPSA) is 0 Å². The van der Waals surface area contributed by atoms with Gasteiger partial charge >= 0.3 is 0 Å². The van der Waals surface area contributed by atoms with Crippen molar-refractivity contribution < 1.29 is 0 Å². The summed E-state index contributed by atoms with van der Waals surface area (Å²) in [7, 11) is -0.612. The van der Waals surface area contributed by atoms with Crippen LogP contribution in [0, 0.1) is 0 Å². The van der Waals surface area contributed by atoms with Crippen molar-refractivity contribution in [1.29, 1.82) is 0 Å². The Morgan fingerprint density at radius 3 is 1.60 bits per heavy atom. The second-order valence-electron chi connectivity index (χ2n) is 16.4. The largest absolute Gasteiger partial charge is 0.0772 e. The number of hydrogen-bond acceptors (Lipinski definition) is 0. The van der Waals surface area contributed by atoms with Crippen LogP contribution in [0.15, 0.2) is 200 Å². The zero-order chi connectivity index (χ0) is 38.5. The zero-order valence-electron chi connectivity index (χ0n) is 32.5. The summed E-state index contributed by atoms with van der Waals surface area (Å²) in [5.74, 6) is 0. The van der Waals surface area contributed by atoms with Gasteiger partial charge < -0.3 is 0 Å². The predicted molar refractivity (Wildman–Crippen MR) is 252 cm³/mol. The van der Waals surface area contributed by atoms with E-state index in [4.69, 9.17) is 0 Å². The van der Waals surface area contributed by atoms with E-state index >= 15 is 0 Å². The van der Waals surface area contributed by atoms with Gasteiger partial charge in [-0.15, -0.1) is 0 Å². The van der Waals surface area contributed by atoms with Gasteiger partial charge in [0.2, 0.25) is 0 Å². The quantitative estimate of drug-likeness (QED) is 0.157. The molecule has 1 unspecified atom stereocenters. The third-order valence-electron chi connectivity index (χ3n) is 13.0. The molecule has 0 aliphatic heterocycles. The lowest BCUT2D eigenvalue weighted by molar-refractivity contribution is 0.661. The molecule has 1 heteroatoms. The van der Waals surface area contributed by atoms with Crippen LogP contribution in [-0.4, -0.2) is 0 Å². The summed E-state index contributed by atoms with van der Waals surface area (Å²) < 4.78 is 0. The standard InChI is InChI=1S/C57H39P/c1-57(2)50-27-15-13-26-46(50)56-42-23-10-9-21-40(42)49(35-51(56)57)55-44-25-12-11-24-43(44)54(36-17-5-3-6-18-36)45-31-29-37(34-48(45)55)38-30-32-53-47(33-38)41-22-14-16-28-52(41)58(53)39-19-7-4-8-20-39/h3-35H,1-2H3. The van der Waals surface area contributed by atoms with Crippen LogP contribution in [0.3, 0.4) is 0 Å². The molecule has 0 saturated carbocycles. The first-order chi connectivity index (χ1) is 28.6. The van der Waals surface area contributed by atoms with Gasteiger partial charge in [-0.1, -0.05) is 197 Å². The lowest BCUT2D eigenvalue weighted by Crippen LogP contribution is -2.15. The highest BCUT2D eigenvalue weighted by molar-refractivity contribution is 7.67. The van der Waals surface area contributed by atoms with E-state index in [2.05, 4.69) is 214 Å².